The number of H-pyrrole nitrogens is 2. The molecule has 5 aromatic rings. The summed E-state index contributed by atoms with van der Waals surface area (Å²) in [4.78, 5) is 34.9. The number of anilines is 1. The third-order valence-corrected chi connectivity index (χ3v) is 4.67. The van der Waals surface area contributed by atoms with E-state index >= 15 is 0 Å². The van der Waals surface area contributed by atoms with E-state index in [0.717, 1.165) is 16.6 Å². The number of nitrogens with zero attached hydrogens (tertiary/aromatic N) is 6. The number of hydrogen-bond acceptors (Lipinski definition) is 7. The lowest BCUT2D eigenvalue weighted by atomic mass is 10.1. The Hall–Kier alpha value is -4.18. The summed E-state index contributed by atoms with van der Waals surface area (Å²) in [7, 11) is 3.68. The molecule has 0 saturated heterocycles. The molecule has 31 heavy (non-hydrogen) atoms. The number of pyridine rings is 3. The van der Waals surface area contributed by atoms with E-state index < -0.39 is 0 Å². The highest BCUT2D eigenvalue weighted by Gasteiger charge is 2.15. The molecule has 154 valence electrons. The van der Waals surface area contributed by atoms with Crippen molar-refractivity contribution < 1.29 is 4.79 Å². The summed E-state index contributed by atoms with van der Waals surface area (Å²) in [6, 6.07) is 9.40. The summed E-state index contributed by atoms with van der Waals surface area (Å²) in [5, 5.41) is 10.2. The zero-order chi connectivity index (χ0) is 21.4. The number of fused-ring (bicyclic) bond motifs is 2. The van der Waals surface area contributed by atoms with Crippen molar-refractivity contribution in [2.45, 2.75) is 0 Å². The maximum absolute atomic E-state index is 12.1. The first-order chi connectivity index (χ1) is 15.1. The van der Waals surface area contributed by atoms with Crippen molar-refractivity contribution in [1.82, 2.24) is 40.0 Å². The van der Waals surface area contributed by atoms with Gasteiger partial charge in [-0.25, -0.2) is 15.0 Å². The fourth-order valence-corrected chi connectivity index (χ4v) is 3.32. The second kappa shape index (κ2) is 7.58. The second-order valence-electron chi connectivity index (χ2n) is 7.37. The fraction of sp³-hybridized carbons (Fsp3) is 0.143. The molecule has 0 radical (unpaired) electrons. The van der Waals surface area contributed by atoms with E-state index in [1.807, 2.05) is 44.4 Å². The molecular weight excluding hydrogens is 394 g/mol. The first kappa shape index (κ1) is 18.8. The Kier molecular flexibility index (Phi) is 4.60. The summed E-state index contributed by atoms with van der Waals surface area (Å²) in [5.74, 6) is 0.482. The average molecular weight is 413 g/mol. The maximum Gasteiger partial charge on any atom is 0.238 e. The lowest BCUT2D eigenvalue weighted by Crippen LogP contribution is -2.27. The third-order valence-electron chi connectivity index (χ3n) is 4.67. The van der Waals surface area contributed by atoms with Gasteiger partial charge in [0.2, 0.25) is 5.91 Å². The molecule has 10 nitrogen and oxygen atoms in total. The number of likely N-dealkylation sites (N-methyl/N-ethyl adjacent to an activating group) is 1. The number of rotatable bonds is 5. The molecule has 0 unspecified atom stereocenters. The van der Waals surface area contributed by atoms with Crippen LogP contribution in [0.1, 0.15) is 0 Å². The molecule has 0 aliphatic heterocycles. The highest BCUT2D eigenvalue weighted by atomic mass is 16.2. The quantitative estimate of drug-likeness (QED) is 0.404. The van der Waals surface area contributed by atoms with Crippen LogP contribution in [0.4, 0.5) is 5.69 Å². The van der Waals surface area contributed by atoms with Crippen LogP contribution in [0.3, 0.4) is 0 Å². The second-order valence-corrected chi connectivity index (χ2v) is 7.37. The summed E-state index contributed by atoms with van der Waals surface area (Å²) in [6.45, 7) is 0.291. The van der Waals surface area contributed by atoms with E-state index in [-0.39, 0.29) is 5.91 Å². The molecule has 0 bridgehead atoms. The Morgan fingerprint density at radius 2 is 2.03 bits per heavy atom. The van der Waals surface area contributed by atoms with Crippen molar-refractivity contribution in [2.24, 2.45) is 0 Å². The number of aromatic nitrogens is 7. The summed E-state index contributed by atoms with van der Waals surface area (Å²) >= 11 is 0. The Morgan fingerprint density at radius 3 is 2.87 bits per heavy atom. The topological polar surface area (TPSA) is 128 Å². The molecule has 5 heterocycles. The van der Waals surface area contributed by atoms with E-state index in [4.69, 9.17) is 4.98 Å². The molecule has 0 spiro atoms. The van der Waals surface area contributed by atoms with Crippen LogP contribution in [0, 0.1) is 0 Å². The van der Waals surface area contributed by atoms with Crippen LogP contribution in [-0.2, 0) is 4.79 Å². The Morgan fingerprint density at radius 1 is 1.13 bits per heavy atom. The molecule has 0 aliphatic rings. The number of aromatic amines is 2. The Bertz CT molecular complexity index is 1370. The molecular formula is C21H19N9O. The molecule has 0 saturated carbocycles. The van der Waals surface area contributed by atoms with Gasteiger partial charge in [-0.2, -0.15) is 5.10 Å². The number of imidazole rings is 1. The molecule has 0 aliphatic carbocycles. The number of carbonyl (C=O) groups is 1. The monoisotopic (exact) mass is 413 g/mol. The Labute approximate surface area is 176 Å². The predicted octanol–water partition coefficient (Wildman–Crippen LogP) is 2.46. The minimum absolute atomic E-state index is 0.108. The van der Waals surface area contributed by atoms with Crippen molar-refractivity contribution in [1.29, 1.82) is 0 Å². The molecule has 0 aromatic carbocycles. The molecule has 1 amide bonds. The highest BCUT2D eigenvalue weighted by molar-refractivity contribution is 5.93. The van der Waals surface area contributed by atoms with Gasteiger partial charge in [-0.3, -0.25) is 14.9 Å². The molecule has 5 aromatic heterocycles. The molecule has 0 atom stereocenters. The van der Waals surface area contributed by atoms with Crippen molar-refractivity contribution in [3.05, 3.63) is 48.9 Å². The van der Waals surface area contributed by atoms with Gasteiger partial charge in [0.1, 0.15) is 5.52 Å². The summed E-state index contributed by atoms with van der Waals surface area (Å²) < 4.78 is 0. The van der Waals surface area contributed by atoms with Crippen LogP contribution >= 0.6 is 0 Å². The number of nitrogens with one attached hydrogen (secondary N) is 3. The highest BCUT2D eigenvalue weighted by Crippen LogP contribution is 2.27. The van der Waals surface area contributed by atoms with Gasteiger partial charge < -0.3 is 15.2 Å². The minimum atomic E-state index is -0.108. The molecule has 5 rings (SSSR count). The largest absolute Gasteiger partial charge is 0.335 e. The normalized spacial score (nSPS) is 11.5. The number of hydrogen-bond donors (Lipinski definition) is 3. The van der Waals surface area contributed by atoms with Crippen molar-refractivity contribution in [2.75, 3.05) is 26.0 Å². The zero-order valence-corrected chi connectivity index (χ0v) is 16.9. The fourth-order valence-electron chi connectivity index (χ4n) is 3.32. The van der Waals surface area contributed by atoms with Crippen LogP contribution in [0.25, 0.3) is 45.0 Å². The summed E-state index contributed by atoms with van der Waals surface area (Å²) in [5.41, 5.74) is 5.63. The van der Waals surface area contributed by atoms with Crippen LogP contribution in [0.5, 0.6) is 0 Å². The van der Waals surface area contributed by atoms with E-state index in [0.29, 0.717) is 40.6 Å². The zero-order valence-electron chi connectivity index (χ0n) is 16.9. The van der Waals surface area contributed by atoms with Gasteiger partial charge in [0.25, 0.3) is 0 Å². The SMILES string of the molecule is CN(C)CC(=O)Nc1cncc(-c2ccc3[nH]nc(-c4nc5ncccc5[nH]4)c3n2)c1. The average Bonchev–Trinajstić information content (AvgIpc) is 3.36. The predicted molar refractivity (Wildman–Crippen MR) is 117 cm³/mol. The van der Waals surface area contributed by atoms with Crippen LogP contribution in [-0.4, -0.2) is 66.6 Å². The van der Waals surface area contributed by atoms with E-state index in [1.54, 1.807) is 23.5 Å². The van der Waals surface area contributed by atoms with Crippen LogP contribution < -0.4 is 5.32 Å². The smallest absolute Gasteiger partial charge is 0.238 e. The van der Waals surface area contributed by atoms with Gasteiger partial charge in [-0.05, 0) is 44.4 Å². The lowest BCUT2D eigenvalue weighted by molar-refractivity contribution is -0.116. The van der Waals surface area contributed by atoms with E-state index in [1.165, 1.54) is 0 Å². The first-order valence-corrected chi connectivity index (χ1v) is 9.63. The first-order valence-electron chi connectivity index (χ1n) is 9.63. The van der Waals surface area contributed by atoms with Gasteiger partial charge in [0, 0.05) is 18.0 Å². The standard InChI is InChI=1S/C21H19N9O/c1-30(2)11-17(31)24-13-8-12(9-22-10-13)14-5-6-15-18(25-14)19(29-28-15)21-26-16-4-3-7-23-20(16)27-21/h3-10H,11H2,1-2H3,(H,24,31)(H,28,29)(H,23,26,27). The lowest BCUT2D eigenvalue weighted by Gasteiger charge is -2.10. The van der Waals surface area contributed by atoms with Crippen molar-refractivity contribution in [3.63, 3.8) is 0 Å². The van der Waals surface area contributed by atoms with Crippen LogP contribution in [0.2, 0.25) is 0 Å². The van der Waals surface area contributed by atoms with Gasteiger partial charge in [-0.1, -0.05) is 0 Å². The number of carbonyl (C=O) groups excluding carboxylic acids is 1. The van der Waals surface area contributed by atoms with Gasteiger partial charge in [0.15, 0.2) is 17.2 Å². The van der Waals surface area contributed by atoms with Crippen molar-refractivity contribution in [3.8, 4) is 22.8 Å². The maximum atomic E-state index is 12.1. The Balaban J connectivity index is 1.51. The van der Waals surface area contributed by atoms with Crippen LogP contribution in [0.15, 0.2) is 48.9 Å². The molecule has 0 fully saturated rings. The molecule has 10 heteroatoms. The van der Waals surface area contributed by atoms with E-state index in [2.05, 4.69) is 35.5 Å². The van der Waals surface area contributed by atoms with E-state index in [9.17, 15) is 4.79 Å². The number of amides is 1. The molecule has 3 N–H and O–H groups in total. The summed E-state index contributed by atoms with van der Waals surface area (Å²) in [6.07, 6.45) is 5.02. The van der Waals surface area contributed by atoms with Gasteiger partial charge in [-0.15, -0.1) is 0 Å². The van der Waals surface area contributed by atoms with Gasteiger partial charge in [0.05, 0.1) is 35.2 Å². The van der Waals surface area contributed by atoms with Gasteiger partial charge >= 0.3 is 0 Å². The van der Waals surface area contributed by atoms with Crippen molar-refractivity contribution >= 4 is 33.8 Å². The third kappa shape index (κ3) is 3.71. The minimum Gasteiger partial charge on any atom is -0.335 e.